The topological polar surface area (TPSA) is 24.9 Å². The molecule has 1 aromatic heterocycles. The van der Waals surface area contributed by atoms with Crippen LogP contribution in [0.5, 0.6) is 0 Å². The van der Waals surface area contributed by atoms with Gasteiger partial charge in [-0.2, -0.15) is 0 Å². The molecule has 2 aromatic rings. The molecule has 1 aromatic carbocycles. The van der Waals surface area contributed by atoms with E-state index in [0.29, 0.717) is 0 Å². The average Bonchev–Trinajstić information content (AvgIpc) is 2.26. The third kappa shape index (κ3) is 2.13. The Balaban J connectivity index is 2.55. The first kappa shape index (κ1) is 10.9. The van der Waals surface area contributed by atoms with Crippen molar-refractivity contribution < 1.29 is 4.39 Å². The molecule has 3 heteroatoms. The predicted octanol–water partition coefficient (Wildman–Crippen LogP) is 3.50. The fourth-order valence-electron chi connectivity index (χ4n) is 1.74. The van der Waals surface area contributed by atoms with Gasteiger partial charge >= 0.3 is 0 Å². The van der Waals surface area contributed by atoms with Crippen molar-refractivity contribution in [2.45, 2.75) is 20.3 Å². The number of halogens is 1. The van der Waals surface area contributed by atoms with Gasteiger partial charge in [-0.05, 0) is 37.6 Å². The molecular weight excluding hydrogens is 203 g/mol. The highest BCUT2D eigenvalue weighted by atomic mass is 19.1. The smallest absolute Gasteiger partial charge is 0.124 e. The van der Waals surface area contributed by atoms with Crippen LogP contribution >= 0.6 is 0 Å². The third-order valence-electron chi connectivity index (χ3n) is 2.46. The maximum absolute atomic E-state index is 13.2. The van der Waals surface area contributed by atoms with Crippen molar-refractivity contribution in [3.05, 3.63) is 35.8 Å². The van der Waals surface area contributed by atoms with Crippen molar-refractivity contribution in [3.63, 3.8) is 0 Å². The van der Waals surface area contributed by atoms with Crippen molar-refractivity contribution in [3.8, 4) is 0 Å². The summed E-state index contributed by atoms with van der Waals surface area (Å²) in [5.74, 6) is -0.224. The molecule has 0 atom stereocenters. The molecule has 0 unspecified atom stereocenters. The number of pyridine rings is 1. The van der Waals surface area contributed by atoms with Crippen molar-refractivity contribution in [1.29, 1.82) is 0 Å². The Bertz CT molecular complexity index is 509. The van der Waals surface area contributed by atoms with Gasteiger partial charge in [-0.3, -0.25) is 4.98 Å². The van der Waals surface area contributed by atoms with E-state index in [2.05, 4.69) is 17.2 Å². The number of anilines is 1. The van der Waals surface area contributed by atoms with Gasteiger partial charge in [0.15, 0.2) is 0 Å². The van der Waals surface area contributed by atoms with E-state index in [1.54, 1.807) is 6.07 Å². The third-order valence-corrected chi connectivity index (χ3v) is 2.46. The molecule has 0 radical (unpaired) electrons. The number of nitrogens with one attached hydrogen (secondary N) is 1. The van der Waals surface area contributed by atoms with E-state index in [-0.39, 0.29) is 5.82 Å². The number of aromatic nitrogens is 1. The van der Waals surface area contributed by atoms with Crippen LogP contribution in [0.3, 0.4) is 0 Å². The second-order valence-electron chi connectivity index (χ2n) is 3.90. The van der Waals surface area contributed by atoms with E-state index >= 15 is 0 Å². The molecule has 0 spiro atoms. The van der Waals surface area contributed by atoms with E-state index in [1.165, 1.54) is 12.1 Å². The van der Waals surface area contributed by atoms with Crippen molar-refractivity contribution in [1.82, 2.24) is 4.98 Å². The second kappa shape index (κ2) is 4.47. The van der Waals surface area contributed by atoms with E-state index in [1.807, 2.05) is 13.0 Å². The van der Waals surface area contributed by atoms with Crippen LogP contribution in [0.25, 0.3) is 10.9 Å². The van der Waals surface area contributed by atoms with Gasteiger partial charge in [0.05, 0.1) is 5.52 Å². The van der Waals surface area contributed by atoms with Crippen LogP contribution in [0, 0.1) is 12.7 Å². The van der Waals surface area contributed by atoms with Gasteiger partial charge in [0.1, 0.15) is 5.82 Å². The highest BCUT2D eigenvalue weighted by molar-refractivity contribution is 5.91. The summed E-state index contributed by atoms with van der Waals surface area (Å²) in [5, 5.41) is 4.15. The van der Waals surface area contributed by atoms with E-state index in [4.69, 9.17) is 0 Å². The zero-order valence-corrected chi connectivity index (χ0v) is 9.55. The minimum atomic E-state index is -0.224. The first-order chi connectivity index (χ1) is 7.70. The van der Waals surface area contributed by atoms with Crippen LogP contribution < -0.4 is 5.32 Å². The SMILES string of the molecule is CCCNc1cc(C)nc2ccc(F)cc12. The quantitative estimate of drug-likeness (QED) is 0.852. The van der Waals surface area contributed by atoms with Gasteiger partial charge in [-0.15, -0.1) is 0 Å². The standard InChI is InChI=1S/C13H15FN2/c1-3-6-15-13-7-9(2)16-12-5-4-10(14)8-11(12)13/h4-5,7-8H,3,6H2,1-2H3,(H,15,16). The Morgan fingerprint density at radius 3 is 2.88 bits per heavy atom. The molecule has 0 saturated heterocycles. The van der Waals surface area contributed by atoms with Gasteiger partial charge in [-0.25, -0.2) is 4.39 Å². The second-order valence-corrected chi connectivity index (χ2v) is 3.90. The van der Waals surface area contributed by atoms with Gasteiger partial charge in [0.25, 0.3) is 0 Å². The minimum absolute atomic E-state index is 0.224. The summed E-state index contributed by atoms with van der Waals surface area (Å²) in [7, 11) is 0. The summed E-state index contributed by atoms with van der Waals surface area (Å²) in [5.41, 5.74) is 2.74. The molecule has 0 bridgehead atoms. The first-order valence-corrected chi connectivity index (χ1v) is 5.51. The summed E-state index contributed by atoms with van der Waals surface area (Å²) >= 11 is 0. The van der Waals surface area contributed by atoms with Gasteiger partial charge in [0, 0.05) is 23.3 Å². The highest BCUT2D eigenvalue weighted by Crippen LogP contribution is 2.23. The number of nitrogens with zero attached hydrogens (tertiary/aromatic N) is 1. The summed E-state index contributed by atoms with van der Waals surface area (Å²) in [6.07, 6.45) is 1.04. The Morgan fingerprint density at radius 2 is 2.12 bits per heavy atom. The Kier molecular flexibility index (Phi) is 3.04. The zero-order valence-electron chi connectivity index (χ0n) is 9.55. The summed E-state index contributed by atoms with van der Waals surface area (Å²) in [4.78, 5) is 4.38. The maximum atomic E-state index is 13.2. The molecule has 0 amide bonds. The summed E-state index contributed by atoms with van der Waals surface area (Å²) in [6.45, 7) is 4.93. The lowest BCUT2D eigenvalue weighted by atomic mass is 10.1. The molecule has 0 aliphatic heterocycles. The van der Waals surface area contributed by atoms with E-state index in [0.717, 1.165) is 35.2 Å². The van der Waals surface area contributed by atoms with Crippen LogP contribution in [-0.4, -0.2) is 11.5 Å². The number of rotatable bonds is 3. The number of benzene rings is 1. The number of hydrogen-bond donors (Lipinski definition) is 1. The molecule has 16 heavy (non-hydrogen) atoms. The highest BCUT2D eigenvalue weighted by Gasteiger charge is 2.04. The number of fused-ring (bicyclic) bond motifs is 1. The molecule has 2 rings (SSSR count). The molecule has 0 aliphatic rings. The normalized spacial score (nSPS) is 10.7. The van der Waals surface area contributed by atoms with Crippen LogP contribution in [0.2, 0.25) is 0 Å². The Labute approximate surface area is 94.5 Å². The lowest BCUT2D eigenvalue weighted by molar-refractivity contribution is 0.629. The monoisotopic (exact) mass is 218 g/mol. The maximum Gasteiger partial charge on any atom is 0.124 e. The van der Waals surface area contributed by atoms with E-state index < -0.39 is 0 Å². The number of aryl methyl sites for hydroxylation is 1. The van der Waals surface area contributed by atoms with Crippen LogP contribution in [0.15, 0.2) is 24.3 Å². The predicted molar refractivity (Wildman–Crippen MR) is 65.2 cm³/mol. The van der Waals surface area contributed by atoms with Gasteiger partial charge in [-0.1, -0.05) is 6.92 Å². The fourth-order valence-corrected chi connectivity index (χ4v) is 1.74. The molecule has 0 saturated carbocycles. The minimum Gasteiger partial charge on any atom is -0.384 e. The molecule has 84 valence electrons. The Morgan fingerprint density at radius 1 is 1.31 bits per heavy atom. The van der Waals surface area contributed by atoms with Crippen LogP contribution in [0.1, 0.15) is 19.0 Å². The lowest BCUT2D eigenvalue weighted by Crippen LogP contribution is -2.01. The Hall–Kier alpha value is -1.64. The zero-order chi connectivity index (χ0) is 11.5. The molecule has 1 N–H and O–H groups in total. The van der Waals surface area contributed by atoms with Crippen molar-refractivity contribution >= 4 is 16.6 Å². The number of hydrogen-bond acceptors (Lipinski definition) is 2. The summed E-state index contributed by atoms with van der Waals surface area (Å²) in [6, 6.07) is 6.64. The lowest BCUT2D eigenvalue weighted by Gasteiger charge is -2.09. The average molecular weight is 218 g/mol. The summed E-state index contributed by atoms with van der Waals surface area (Å²) < 4.78 is 13.2. The van der Waals surface area contributed by atoms with Gasteiger partial charge in [0.2, 0.25) is 0 Å². The van der Waals surface area contributed by atoms with Gasteiger partial charge < -0.3 is 5.32 Å². The van der Waals surface area contributed by atoms with Crippen LogP contribution in [-0.2, 0) is 0 Å². The fraction of sp³-hybridized carbons (Fsp3) is 0.308. The molecule has 0 fully saturated rings. The first-order valence-electron chi connectivity index (χ1n) is 5.51. The molecule has 0 aliphatic carbocycles. The largest absolute Gasteiger partial charge is 0.384 e. The molecule has 2 nitrogen and oxygen atoms in total. The molecule has 1 heterocycles. The van der Waals surface area contributed by atoms with Crippen molar-refractivity contribution in [2.24, 2.45) is 0 Å². The van der Waals surface area contributed by atoms with Crippen LogP contribution in [0.4, 0.5) is 10.1 Å². The van der Waals surface area contributed by atoms with Crippen molar-refractivity contribution in [2.75, 3.05) is 11.9 Å². The van der Waals surface area contributed by atoms with E-state index in [9.17, 15) is 4.39 Å². The molecular formula is C13H15FN2.